The Bertz CT molecular complexity index is 744. The van der Waals surface area contributed by atoms with Crippen molar-refractivity contribution in [3.8, 4) is 5.75 Å². The lowest BCUT2D eigenvalue weighted by molar-refractivity contribution is 0.0322. The molecule has 1 fully saturated rings. The molecule has 1 aromatic carbocycles. The predicted molar refractivity (Wildman–Crippen MR) is 101 cm³/mol. The number of benzene rings is 1. The topological polar surface area (TPSA) is 85.3 Å². The van der Waals surface area contributed by atoms with E-state index in [1.807, 2.05) is 12.1 Å². The normalized spacial score (nSPS) is 15.4. The fourth-order valence-corrected chi connectivity index (χ4v) is 2.76. The first-order valence-electron chi connectivity index (χ1n) is 8.82. The Morgan fingerprint density at radius 2 is 2.08 bits per heavy atom. The number of nitrogens with zero attached hydrogens (tertiary/aromatic N) is 4. The quantitative estimate of drug-likeness (QED) is 0.772. The summed E-state index contributed by atoms with van der Waals surface area (Å²) >= 11 is 0. The fraction of sp³-hybridized carbons (Fsp3) is 0.421. The molecule has 1 aromatic heterocycles. The lowest BCUT2D eigenvalue weighted by Gasteiger charge is -2.26. The Morgan fingerprint density at radius 1 is 1.23 bits per heavy atom. The van der Waals surface area contributed by atoms with Gasteiger partial charge in [-0.2, -0.15) is 5.11 Å². The number of anilines is 1. The summed E-state index contributed by atoms with van der Waals surface area (Å²) in [6, 6.07) is 11.7. The highest BCUT2D eigenvalue weighted by molar-refractivity contribution is 5.46. The van der Waals surface area contributed by atoms with E-state index >= 15 is 0 Å². The van der Waals surface area contributed by atoms with Gasteiger partial charge in [0.05, 0.1) is 19.8 Å². The van der Waals surface area contributed by atoms with E-state index in [0.717, 1.165) is 38.4 Å². The zero-order chi connectivity index (χ0) is 18.2. The highest BCUT2D eigenvalue weighted by Gasteiger charge is 2.10. The first-order chi connectivity index (χ1) is 12.7. The average molecular weight is 355 g/mol. The second-order valence-electron chi connectivity index (χ2n) is 6.28. The van der Waals surface area contributed by atoms with E-state index in [2.05, 4.69) is 39.2 Å². The molecule has 0 aliphatic carbocycles. The van der Waals surface area contributed by atoms with Gasteiger partial charge < -0.3 is 15.2 Å². The lowest BCUT2D eigenvalue weighted by atomic mass is 10.1. The number of aryl methyl sites for hydroxylation is 1. The van der Waals surface area contributed by atoms with Gasteiger partial charge in [-0.25, -0.2) is 4.98 Å². The fourth-order valence-electron chi connectivity index (χ4n) is 2.76. The maximum Gasteiger partial charge on any atom is 0.179 e. The molecule has 1 saturated heterocycles. The van der Waals surface area contributed by atoms with Gasteiger partial charge in [-0.05, 0) is 12.5 Å². The molecule has 0 saturated carbocycles. The molecule has 0 amide bonds. The summed E-state index contributed by atoms with van der Waals surface area (Å²) in [5.74, 6) is 1.49. The van der Waals surface area contributed by atoms with Crippen LogP contribution in [0.5, 0.6) is 5.75 Å². The third-order valence-corrected chi connectivity index (χ3v) is 4.09. The summed E-state index contributed by atoms with van der Waals surface area (Å²) in [7, 11) is 0. The van der Waals surface area contributed by atoms with Crippen LogP contribution in [0.2, 0.25) is 0 Å². The van der Waals surface area contributed by atoms with Crippen LogP contribution in [-0.2, 0) is 11.3 Å². The molecule has 2 heterocycles. The minimum Gasteiger partial charge on any atom is -0.492 e. The second kappa shape index (κ2) is 9.26. The van der Waals surface area contributed by atoms with Crippen LogP contribution in [-0.4, -0.2) is 49.3 Å². The van der Waals surface area contributed by atoms with Crippen molar-refractivity contribution in [2.75, 3.05) is 45.2 Å². The first kappa shape index (κ1) is 18.3. The van der Waals surface area contributed by atoms with Crippen LogP contribution in [0.4, 0.5) is 11.6 Å². The van der Waals surface area contributed by atoms with Gasteiger partial charge in [0.15, 0.2) is 5.82 Å². The van der Waals surface area contributed by atoms with Gasteiger partial charge in [0, 0.05) is 31.8 Å². The molecule has 26 heavy (non-hydrogen) atoms. The molecular weight excluding hydrogens is 330 g/mol. The molecule has 0 unspecified atom stereocenters. The number of pyridine rings is 1. The molecule has 7 heteroatoms. The van der Waals surface area contributed by atoms with Crippen molar-refractivity contribution in [2.45, 2.75) is 13.5 Å². The maximum atomic E-state index is 5.86. The number of nitrogen functional groups attached to an aromatic ring is 1. The third kappa shape index (κ3) is 5.79. The molecule has 0 atom stereocenters. The van der Waals surface area contributed by atoms with Crippen molar-refractivity contribution < 1.29 is 9.47 Å². The van der Waals surface area contributed by atoms with E-state index in [1.54, 1.807) is 12.1 Å². The molecule has 0 bridgehead atoms. The first-order valence-corrected chi connectivity index (χ1v) is 8.82. The molecule has 0 radical (unpaired) electrons. The zero-order valence-electron chi connectivity index (χ0n) is 15.1. The molecule has 1 aliphatic rings. The monoisotopic (exact) mass is 355 g/mol. The number of aromatic nitrogens is 1. The Morgan fingerprint density at radius 3 is 2.88 bits per heavy atom. The highest BCUT2D eigenvalue weighted by Crippen LogP contribution is 2.21. The molecular formula is C19H25N5O2. The summed E-state index contributed by atoms with van der Waals surface area (Å²) < 4.78 is 11.1. The van der Waals surface area contributed by atoms with Crippen LogP contribution < -0.4 is 10.5 Å². The Kier molecular flexibility index (Phi) is 6.51. The predicted octanol–water partition coefficient (Wildman–Crippen LogP) is 2.97. The molecule has 2 N–H and O–H groups in total. The van der Waals surface area contributed by atoms with Crippen molar-refractivity contribution in [2.24, 2.45) is 10.2 Å². The van der Waals surface area contributed by atoms with Crippen molar-refractivity contribution in [1.82, 2.24) is 9.88 Å². The van der Waals surface area contributed by atoms with Crippen molar-refractivity contribution in [3.05, 3.63) is 47.5 Å². The molecule has 3 rings (SSSR count). The van der Waals surface area contributed by atoms with E-state index in [1.165, 1.54) is 5.56 Å². The number of ether oxygens (including phenoxy) is 2. The molecule has 1 aliphatic heterocycles. The zero-order valence-corrected chi connectivity index (χ0v) is 15.1. The number of morpholine rings is 1. The maximum absolute atomic E-state index is 5.86. The van der Waals surface area contributed by atoms with Gasteiger partial charge in [-0.3, -0.25) is 4.90 Å². The van der Waals surface area contributed by atoms with Crippen LogP contribution in [0, 0.1) is 6.92 Å². The summed E-state index contributed by atoms with van der Waals surface area (Å²) in [6.45, 7) is 7.47. The van der Waals surface area contributed by atoms with Gasteiger partial charge >= 0.3 is 0 Å². The van der Waals surface area contributed by atoms with Gasteiger partial charge in [0.1, 0.15) is 18.2 Å². The SMILES string of the molecule is Cc1cccc(CN=Nc2cc(OCCN3CCOCC3)cc(N)n2)c1. The molecule has 2 aromatic rings. The minimum atomic E-state index is 0.373. The molecule has 0 spiro atoms. The summed E-state index contributed by atoms with van der Waals surface area (Å²) in [5.41, 5.74) is 8.17. The Hall–Kier alpha value is -2.51. The number of rotatable bonds is 7. The second-order valence-corrected chi connectivity index (χ2v) is 6.28. The van der Waals surface area contributed by atoms with E-state index in [-0.39, 0.29) is 0 Å². The standard InChI is InChI=1S/C19H25N5O2/c1-15-3-2-4-16(11-15)14-21-23-19-13-17(12-18(20)22-19)26-10-7-24-5-8-25-9-6-24/h2-4,11-13H,5-10,14H2,1H3,(H2,20,22). The smallest absolute Gasteiger partial charge is 0.179 e. The number of hydrogen-bond acceptors (Lipinski definition) is 7. The van der Waals surface area contributed by atoms with E-state index < -0.39 is 0 Å². The molecule has 138 valence electrons. The number of hydrogen-bond donors (Lipinski definition) is 1. The summed E-state index contributed by atoms with van der Waals surface area (Å²) in [5, 5.41) is 8.40. The highest BCUT2D eigenvalue weighted by atomic mass is 16.5. The Balaban J connectivity index is 1.53. The number of nitrogens with two attached hydrogens (primary N) is 1. The van der Waals surface area contributed by atoms with Gasteiger partial charge in [0.25, 0.3) is 0 Å². The largest absolute Gasteiger partial charge is 0.492 e. The average Bonchev–Trinajstić information content (AvgIpc) is 2.62. The van der Waals surface area contributed by atoms with Gasteiger partial charge in [-0.1, -0.05) is 29.8 Å². The third-order valence-electron chi connectivity index (χ3n) is 4.09. The summed E-state index contributed by atoms with van der Waals surface area (Å²) in [4.78, 5) is 6.51. The van der Waals surface area contributed by atoms with Crippen molar-refractivity contribution >= 4 is 11.6 Å². The van der Waals surface area contributed by atoms with Gasteiger partial charge in [-0.15, -0.1) is 5.11 Å². The lowest BCUT2D eigenvalue weighted by Crippen LogP contribution is -2.38. The van der Waals surface area contributed by atoms with Crippen LogP contribution >= 0.6 is 0 Å². The van der Waals surface area contributed by atoms with Crippen LogP contribution in [0.3, 0.4) is 0 Å². The van der Waals surface area contributed by atoms with E-state index in [4.69, 9.17) is 15.2 Å². The minimum absolute atomic E-state index is 0.373. The molecule has 7 nitrogen and oxygen atoms in total. The van der Waals surface area contributed by atoms with Crippen molar-refractivity contribution in [1.29, 1.82) is 0 Å². The van der Waals surface area contributed by atoms with Crippen molar-refractivity contribution in [3.63, 3.8) is 0 Å². The van der Waals surface area contributed by atoms with Crippen LogP contribution in [0.25, 0.3) is 0 Å². The Labute approximate surface area is 153 Å². The van der Waals surface area contributed by atoms with Gasteiger partial charge in [0.2, 0.25) is 0 Å². The van der Waals surface area contributed by atoms with Crippen LogP contribution in [0.1, 0.15) is 11.1 Å². The number of azo groups is 1. The van der Waals surface area contributed by atoms with Crippen LogP contribution in [0.15, 0.2) is 46.6 Å². The van der Waals surface area contributed by atoms with E-state index in [9.17, 15) is 0 Å². The summed E-state index contributed by atoms with van der Waals surface area (Å²) in [6.07, 6.45) is 0. The van der Waals surface area contributed by atoms with E-state index in [0.29, 0.717) is 30.5 Å².